The highest BCUT2D eigenvalue weighted by molar-refractivity contribution is 9.10. The number of hydrogen-bond acceptors (Lipinski definition) is 2. The Kier molecular flexibility index (Phi) is 2.72. The molecule has 0 heterocycles. The van der Waals surface area contributed by atoms with Crippen LogP contribution in [0.2, 0.25) is 0 Å². The standard InChI is InChI=1S/C14H8Br2O2/c15-11-3-7-1-9-5-13(17)12(16)4-8(9)2-10(7)6-14(11)18/h1-6,17-18H. The molecule has 0 radical (unpaired) electrons. The van der Waals surface area contributed by atoms with Gasteiger partial charge in [0.05, 0.1) is 8.95 Å². The van der Waals surface area contributed by atoms with Gasteiger partial charge in [-0.2, -0.15) is 0 Å². The van der Waals surface area contributed by atoms with Crippen LogP contribution in [0.25, 0.3) is 21.5 Å². The van der Waals surface area contributed by atoms with Gasteiger partial charge in [-0.15, -0.1) is 0 Å². The minimum absolute atomic E-state index is 0.222. The Morgan fingerprint density at radius 2 is 0.889 bits per heavy atom. The Labute approximate surface area is 120 Å². The molecule has 0 aliphatic carbocycles. The molecular weight excluding hydrogens is 360 g/mol. The van der Waals surface area contributed by atoms with Crippen molar-refractivity contribution in [3.63, 3.8) is 0 Å². The van der Waals surface area contributed by atoms with Crippen LogP contribution in [0.15, 0.2) is 45.3 Å². The molecule has 2 N–H and O–H groups in total. The van der Waals surface area contributed by atoms with Crippen LogP contribution < -0.4 is 0 Å². The van der Waals surface area contributed by atoms with Crippen LogP contribution in [0.1, 0.15) is 0 Å². The summed E-state index contributed by atoms with van der Waals surface area (Å²) in [5, 5.41) is 23.3. The summed E-state index contributed by atoms with van der Waals surface area (Å²) in [4.78, 5) is 0. The maximum absolute atomic E-state index is 9.69. The molecule has 2 nitrogen and oxygen atoms in total. The van der Waals surface area contributed by atoms with Crippen molar-refractivity contribution in [3.05, 3.63) is 45.3 Å². The van der Waals surface area contributed by atoms with E-state index in [9.17, 15) is 10.2 Å². The van der Waals surface area contributed by atoms with Crippen molar-refractivity contribution in [1.29, 1.82) is 0 Å². The fourth-order valence-corrected chi connectivity index (χ4v) is 2.74. The van der Waals surface area contributed by atoms with Gasteiger partial charge in [0, 0.05) is 0 Å². The first-order valence-corrected chi connectivity index (χ1v) is 6.88. The van der Waals surface area contributed by atoms with Crippen molar-refractivity contribution < 1.29 is 10.2 Å². The largest absolute Gasteiger partial charge is 0.507 e. The topological polar surface area (TPSA) is 40.5 Å². The van der Waals surface area contributed by atoms with E-state index in [1.165, 1.54) is 0 Å². The van der Waals surface area contributed by atoms with Crippen LogP contribution in [0.4, 0.5) is 0 Å². The highest BCUT2D eigenvalue weighted by Crippen LogP contribution is 2.35. The Morgan fingerprint density at radius 3 is 1.28 bits per heavy atom. The summed E-state index contributed by atoms with van der Waals surface area (Å²) >= 11 is 6.60. The predicted octanol–water partition coefficient (Wildman–Crippen LogP) is 4.93. The molecule has 0 atom stereocenters. The van der Waals surface area contributed by atoms with Gasteiger partial charge in [0.25, 0.3) is 0 Å². The number of phenols is 2. The van der Waals surface area contributed by atoms with Crippen molar-refractivity contribution >= 4 is 53.4 Å². The Morgan fingerprint density at radius 1 is 0.556 bits per heavy atom. The third kappa shape index (κ3) is 1.85. The number of aromatic hydroxyl groups is 2. The monoisotopic (exact) mass is 366 g/mol. The molecule has 0 fully saturated rings. The maximum Gasteiger partial charge on any atom is 0.130 e. The second-order valence-electron chi connectivity index (χ2n) is 4.15. The van der Waals surface area contributed by atoms with E-state index in [1.54, 1.807) is 12.1 Å². The van der Waals surface area contributed by atoms with Crippen molar-refractivity contribution in [2.45, 2.75) is 0 Å². The summed E-state index contributed by atoms with van der Waals surface area (Å²) in [7, 11) is 0. The van der Waals surface area contributed by atoms with Gasteiger partial charge in [-0.05, 0) is 89.8 Å². The van der Waals surface area contributed by atoms with E-state index in [0.717, 1.165) is 21.5 Å². The Bertz CT molecular complexity index is 653. The highest BCUT2D eigenvalue weighted by atomic mass is 79.9. The molecule has 0 spiro atoms. The Balaban J connectivity index is 2.43. The average Bonchev–Trinajstić information content (AvgIpc) is 2.31. The molecule has 0 saturated heterocycles. The molecule has 0 aliphatic heterocycles. The van der Waals surface area contributed by atoms with Gasteiger partial charge in [-0.25, -0.2) is 0 Å². The van der Waals surface area contributed by atoms with E-state index in [1.807, 2.05) is 24.3 Å². The van der Waals surface area contributed by atoms with Gasteiger partial charge in [0.2, 0.25) is 0 Å². The second kappa shape index (κ2) is 4.14. The van der Waals surface area contributed by atoms with E-state index in [-0.39, 0.29) is 11.5 Å². The zero-order valence-corrected chi connectivity index (χ0v) is 12.3. The molecule has 3 aromatic carbocycles. The molecule has 4 heteroatoms. The van der Waals surface area contributed by atoms with Crippen molar-refractivity contribution in [2.24, 2.45) is 0 Å². The van der Waals surface area contributed by atoms with Gasteiger partial charge >= 0.3 is 0 Å². The third-order valence-corrected chi connectivity index (χ3v) is 4.20. The van der Waals surface area contributed by atoms with Crippen LogP contribution in [0, 0.1) is 0 Å². The van der Waals surface area contributed by atoms with E-state index < -0.39 is 0 Å². The van der Waals surface area contributed by atoms with Crippen LogP contribution >= 0.6 is 31.9 Å². The first kappa shape index (κ1) is 11.8. The van der Waals surface area contributed by atoms with Crippen LogP contribution in [0.3, 0.4) is 0 Å². The lowest BCUT2D eigenvalue weighted by Gasteiger charge is -2.06. The summed E-state index contributed by atoms with van der Waals surface area (Å²) < 4.78 is 1.33. The van der Waals surface area contributed by atoms with Gasteiger partial charge < -0.3 is 10.2 Å². The molecule has 3 aromatic rings. The van der Waals surface area contributed by atoms with Crippen LogP contribution in [0.5, 0.6) is 11.5 Å². The SMILES string of the molecule is Oc1cc2cc3cc(Br)c(O)cc3cc2cc1Br. The van der Waals surface area contributed by atoms with E-state index in [2.05, 4.69) is 31.9 Å². The quantitative estimate of drug-likeness (QED) is 0.553. The normalized spacial score (nSPS) is 11.2. The van der Waals surface area contributed by atoms with E-state index >= 15 is 0 Å². The summed E-state index contributed by atoms with van der Waals surface area (Å²) in [6, 6.07) is 11.1. The number of benzene rings is 3. The summed E-state index contributed by atoms with van der Waals surface area (Å²) in [5.74, 6) is 0.444. The molecule has 0 unspecified atom stereocenters. The second-order valence-corrected chi connectivity index (χ2v) is 5.86. The van der Waals surface area contributed by atoms with Crippen molar-refractivity contribution in [2.75, 3.05) is 0 Å². The van der Waals surface area contributed by atoms with Crippen molar-refractivity contribution in [3.8, 4) is 11.5 Å². The molecule has 0 aromatic heterocycles. The number of phenolic OH excluding ortho intramolecular Hbond substituents is 2. The molecular formula is C14H8Br2O2. The number of halogens is 2. The lowest BCUT2D eigenvalue weighted by molar-refractivity contribution is 0.472. The molecule has 18 heavy (non-hydrogen) atoms. The van der Waals surface area contributed by atoms with E-state index in [4.69, 9.17) is 0 Å². The lowest BCUT2D eigenvalue weighted by Crippen LogP contribution is -1.79. The van der Waals surface area contributed by atoms with Gasteiger partial charge in [-0.1, -0.05) is 0 Å². The maximum atomic E-state index is 9.69. The summed E-state index contributed by atoms with van der Waals surface area (Å²) in [6.45, 7) is 0. The molecule has 90 valence electrons. The Hall–Kier alpha value is -1.26. The first-order chi connectivity index (χ1) is 8.54. The number of fused-ring (bicyclic) bond motifs is 2. The van der Waals surface area contributed by atoms with Gasteiger partial charge in [-0.3, -0.25) is 0 Å². The summed E-state index contributed by atoms with van der Waals surface area (Å²) in [6.07, 6.45) is 0. The van der Waals surface area contributed by atoms with E-state index in [0.29, 0.717) is 8.95 Å². The lowest BCUT2D eigenvalue weighted by atomic mass is 10.0. The summed E-state index contributed by atoms with van der Waals surface area (Å²) in [5.41, 5.74) is 0. The number of rotatable bonds is 0. The predicted molar refractivity (Wildman–Crippen MR) is 80.2 cm³/mol. The van der Waals surface area contributed by atoms with Crippen LogP contribution in [-0.4, -0.2) is 10.2 Å². The number of hydrogen-bond donors (Lipinski definition) is 2. The molecule has 0 bridgehead atoms. The molecule has 0 amide bonds. The smallest absolute Gasteiger partial charge is 0.130 e. The van der Waals surface area contributed by atoms with Crippen molar-refractivity contribution in [1.82, 2.24) is 0 Å². The zero-order chi connectivity index (χ0) is 12.9. The minimum atomic E-state index is 0.222. The first-order valence-electron chi connectivity index (χ1n) is 5.29. The molecule has 3 rings (SSSR count). The molecule has 0 aliphatic rings. The fraction of sp³-hybridized carbons (Fsp3) is 0. The third-order valence-electron chi connectivity index (χ3n) is 2.93. The minimum Gasteiger partial charge on any atom is -0.507 e. The van der Waals surface area contributed by atoms with Gasteiger partial charge in [0.1, 0.15) is 11.5 Å². The fourth-order valence-electron chi connectivity index (χ4n) is 2.02. The van der Waals surface area contributed by atoms with Crippen LogP contribution in [-0.2, 0) is 0 Å². The average molecular weight is 368 g/mol. The zero-order valence-electron chi connectivity index (χ0n) is 9.11. The highest BCUT2D eigenvalue weighted by Gasteiger charge is 2.06. The van der Waals surface area contributed by atoms with Gasteiger partial charge in [0.15, 0.2) is 0 Å². The molecule has 0 saturated carbocycles.